The van der Waals surface area contributed by atoms with E-state index in [1.54, 1.807) is 24.3 Å². The van der Waals surface area contributed by atoms with Crippen molar-refractivity contribution in [1.29, 1.82) is 0 Å². The van der Waals surface area contributed by atoms with Crippen LogP contribution < -0.4 is 10.6 Å². The van der Waals surface area contributed by atoms with E-state index in [2.05, 4.69) is 29.4 Å². The van der Waals surface area contributed by atoms with Crippen LogP contribution in [0.4, 0.5) is 5.69 Å². The SMILES string of the molecule is CC(=O)c1ccc(NC(=O)CN2CC(C)NCC2C)cc1. The molecule has 1 heterocycles. The van der Waals surface area contributed by atoms with E-state index in [9.17, 15) is 9.59 Å². The van der Waals surface area contributed by atoms with Crippen LogP contribution in [0.3, 0.4) is 0 Å². The van der Waals surface area contributed by atoms with Gasteiger partial charge < -0.3 is 10.6 Å². The number of nitrogens with zero attached hydrogens (tertiary/aromatic N) is 1. The van der Waals surface area contributed by atoms with Gasteiger partial charge >= 0.3 is 0 Å². The number of piperazine rings is 1. The molecule has 1 aromatic rings. The first-order valence-corrected chi connectivity index (χ1v) is 7.34. The maximum absolute atomic E-state index is 12.1. The second kappa shape index (κ2) is 6.83. The Labute approximate surface area is 125 Å². The molecular weight excluding hydrogens is 266 g/mol. The zero-order valence-corrected chi connectivity index (χ0v) is 12.8. The fourth-order valence-corrected chi connectivity index (χ4v) is 2.49. The molecule has 1 aliphatic heterocycles. The smallest absolute Gasteiger partial charge is 0.238 e. The van der Waals surface area contributed by atoms with Crippen molar-refractivity contribution in [3.63, 3.8) is 0 Å². The molecule has 0 radical (unpaired) electrons. The van der Waals surface area contributed by atoms with Crippen LogP contribution in [0.5, 0.6) is 0 Å². The number of Topliss-reactive ketones (excluding diaryl/α,β-unsaturated/α-hetero) is 1. The summed E-state index contributed by atoms with van der Waals surface area (Å²) in [4.78, 5) is 25.5. The van der Waals surface area contributed by atoms with Gasteiger partial charge in [0.1, 0.15) is 0 Å². The molecule has 1 fully saturated rings. The van der Waals surface area contributed by atoms with Gasteiger partial charge in [-0.1, -0.05) is 0 Å². The zero-order valence-electron chi connectivity index (χ0n) is 12.8. The molecule has 2 rings (SSSR count). The average Bonchev–Trinajstić information content (AvgIpc) is 2.43. The van der Waals surface area contributed by atoms with E-state index in [0.717, 1.165) is 18.8 Å². The lowest BCUT2D eigenvalue weighted by Crippen LogP contribution is -2.55. The second-order valence-electron chi connectivity index (χ2n) is 5.77. The van der Waals surface area contributed by atoms with Gasteiger partial charge in [-0.15, -0.1) is 0 Å². The van der Waals surface area contributed by atoms with Gasteiger partial charge in [0.05, 0.1) is 6.54 Å². The summed E-state index contributed by atoms with van der Waals surface area (Å²) in [7, 11) is 0. The number of ketones is 1. The molecule has 1 aliphatic rings. The van der Waals surface area contributed by atoms with Crippen molar-refractivity contribution in [2.75, 3.05) is 25.0 Å². The third kappa shape index (κ3) is 4.37. The Kier molecular flexibility index (Phi) is 5.09. The molecule has 0 aromatic heterocycles. The molecule has 0 aliphatic carbocycles. The fraction of sp³-hybridized carbons (Fsp3) is 0.500. The molecule has 5 nitrogen and oxygen atoms in total. The summed E-state index contributed by atoms with van der Waals surface area (Å²) in [6.07, 6.45) is 0. The summed E-state index contributed by atoms with van der Waals surface area (Å²) < 4.78 is 0. The molecule has 0 saturated carbocycles. The minimum absolute atomic E-state index is 0.0217. The van der Waals surface area contributed by atoms with Gasteiger partial charge in [0.15, 0.2) is 5.78 Å². The number of amides is 1. The van der Waals surface area contributed by atoms with Crippen LogP contribution in [0.2, 0.25) is 0 Å². The highest BCUT2D eigenvalue weighted by Gasteiger charge is 2.23. The first-order valence-electron chi connectivity index (χ1n) is 7.34. The molecule has 1 amide bonds. The lowest BCUT2D eigenvalue weighted by Gasteiger charge is -2.36. The minimum atomic E-state index is -0.0217. The van der Waals surface area contributed by atoms with Gasteiger partial charge in [0.2, 0.25) is 5.91 Å². The molecule has 1 aromatic carbocycles. The molecule has 21 heavy (non-hydrogen) atoms. The van der Waals surface area contributed by atoms with E-state index >= 15 is 0 Å². The van der Waals surface area contributed by atoms with Crippen molar-refractivity contribution in [3.05, 3.63) is 29.8 Å². The van der Waals surface area contributed by atoms with Crippen LogP contribution in [0, 0.1) is 0 Å². The summed E-state index contributed by atoms with van der Waals surface area (Å²) in [5.41, 5.74) is 1.37. The normalized spacial score (nSPS) is 22.8. The Hall–Kier alpha value is -1.72. The van der Waals surface area contributed by atoms with E-state index < -0.39 is 0 Å². The summed E-state index contributed by atoms with van der Waals surface area (Å²) in [5.74, 6) is 0.00281. The summed E-state index contributed by atoms with van der Waals surface area (Å²) in [6.45, 7) is 7.94. The first kappa shape index (κ1) is 15.7. The largest absolute Gasteiger partial charge is 0.325 e. The highest BCUT2D eigenvalue weighted by atomic mass is 16.2. The molecule has 5 heteroatoms. The molecule has 2 atom stereocenters. The Morgan fingerprint density at radius 2 is 1.95 bits per heavy atom. The number of carbonyl (C=O) groups is 2. The number of anilines is 1. The van der Waals surface area contributed by atoms with Crippen LogP contribution in [0.1, 0.15) is 31.1 Å². The van der Waals surface area contributed by atoms with Gasteiger partial charge in [0, 0.05) is 36.4 Å². The van der Waals surface area contributed by atoms with Crippen molar-refractivity contribution in [3.8, 4) is 0 Å². The Balaban J connectivity index is 1.90. The van der Waals surface area contributed by atoms with E-state index in [1.165, 1.54) is 6.92 Å². The molecule has 1 saturated heterocycles. The molecule has 2 unspecified atom stereocenters. The molecule has 114 valence electrons. The van der Waals surface area contributed by atoms with E-state index in [-0.39, 0.29) is 11.7 Å². The Morgan fingerprint density at radius 1 is 1.29 bits per heavy atom. The van der Waals surface area contributed by atoms with E-state index in [1.807, 2.05) is 0 Å². The third-order valence-electron chi connectivity index (χ3n) is 3.82. The predicted octanol–water partition coefficient (Wildman–Crippen LogP) is 1.51. The molecule has 0 spiro atoms. The first-order chi connectivity index (χ1) is 9.95. The number of carbonyl (C=O) groups excluding carboxylic acids is 2. The lowest BCUT2D eigenvalue weighted by molar-refractivity contribution is -0.118. The van der Waals surface area contributed by atoms with Crippen molar-refractivity contribution >= 4 is 17.4 Å². The van der Waals surface area contributed by atoms with Crippen LogP contribution in [-0.2, 0) is 4.79 Å². The van der Waals surface area contributed by atoms with Gasteiger partial charge in [-0.3, -0.25) is 14.5 Å². The van der Waals surface area contributed by atoms with Crippen LogP contribution in [0.25, 0.3) is 0 Å². The van der Waals surface area contributed by atoms with Gasteiger partial charge in [0.25, 0.3) is 0 Å². The number of benzene rings is 1. The van der Waals surface area contributed by atoms with Crippen molar-refractivity contribution in [2.45, 2.75) is 32.9 Å². The number of hydrogen-bond acceptors (Lipinski definition) is 4. The maximum Gasteiger partial charge on any atom is 0.238 e. The Morgan fingerprint density at radius 3 is 2.57 bits per heavy atom. The zero-order chi connectivity index (χ0) is 15.4. The third-order valence-corrected chi connectivity index (χ3v) is 3.82. The topological polar surface area (TPSA) is 61.4 Å². The summed E-state index contributed by atoms with van der Waals surface area (Å²) >= 11 is 0. The van der Waals surface area contributed by atoms with Crippen LogP contribution in [0.15, 0.2) is 24.3 Å². The summed E-state index contributed by atoms with van der Waals surface area (Å²) in [5, 5.41) is 6.27. The Bertz CT molecular complexity index is 513. The highest BCUT2D eigenvalue weighted by molar-refractivity contribution is 5.96. The standard InChI is InChI=1S/C16H23N3O2/c1-11-9-19(12(2)8-17-11)10-16(21)18-15-6-4-14(5-7-15)13(3)20/h4-7,11-12,17H,8-10H2,1-3H3,(H,18,21). The molecule has 2 N–H and O–H groups in total. The van der Waals surface area contributed by atoms with Crippen LogP contribution >= 0.6 is 0 Å². The number of hydrogen-bond donors (Lipinski definition) is 2. The summed E-state index contributed by atoms with van der Waals surface area (Å²) in [6, 6.07) is 7.74. The number of rotatable bonds is 4. The van der Waals surface area contributed by atoms with Crippen LogP contribution in [-0.4, -0.2) is 48.3 Å². The molecular formula is C16H23N3O2. The van der Waals surface area contributed by atoms with Crippen molar-refractivity contribution in [1.82, 2.24) is 10.2 Å². The van der Waals surface area contributed by atoms with E-state index in [0.29, 0.717) is 24.2 Å². The second-order valence-corrected chi connectivity index (χ2v) is 5.77. The van der Waals surface area contributed by atoms with E-state index in [4.69, 9.17) is 0 Å². The lowest BCUT2D eigenvalue weighted by atomic mass is 10.1. The van der Waals surface area contributed by atoms with Crippen molar-refractivity contribution < 1.29 is 9.59 Å². The average molecular weight is 289 g/mol. The number of nitrogens with one attached hydrogen (secondary N) is 2. The maximum atomic E-state index is 12.1. The van der Waals surface area contributed by atoms with Gasteiger partial charge in [-0.05, 0) is 45.0 Å². The van der Waals surface area contributed by atoms with Gasteiger partial charge in [-0.25, -0.2) is 0 Å². The minimum Gasteiger partial charge on any atom is -0.325 e. The molecule has 0 bridgehead atoms. The fourth-order valence-electron chi connectivity index (χ4n) is 2.49. The van der Waals surface area contributed by atoms with Gasteiger partial charge in [-0.2, -0.15) is 0 Å². The highest BCUT2D eigenvalue weighted by Crippen LogP contribution is 2.11. The quantitative estimate of drug-likeness (QED) is 0.825. The van der Waals surface area contributed by atoms with Crippen molar-refractivity contribution in [2.24, 2.45) is 0 Å². The predicted molar refractivity (Wildman–Crippen MR) is 83.6 cm³/mol. The monoisotopic (exact) mass is 289 g/mol.